The van der Waals surface area contributed by atoms with Gasteiger partial charge < -0.3 is 10.5 Å². The normalized spacial score (nSPS) is 18.8. The number of quaternary nitrogens is 1. The number of methoxy groups -OCH3 is 1. The molecular weight excluding hydrogens is 252 g/mol. The zero-order chi connectivity index (χ0) is 13.2. The summed E-state index contributed by atoms with van der Waals surface area (Å²) < 4.78 is 31.3. The Morgan fingerprint density at radius 1 is 1.22 bits per heavy atom. The van der Waals surface area contributed by atoms with Gasteiger partial charge in [-0.1, -0.05) is 0 Å². The fourth-order valence-corrected chi connectivity index (χ4v) is 3.52. The second-order valence-electron chi connectivity index (χ2n) is 4.52. The number of rotatable bonds is 3. The van der Waals surface area contributed by atoms with Gasteiger partial charge in [0.2, 0.25) is 10.0 Å². The highest BCUT2D eigenvalue weighted by atomic mass is 32.2. The van der Waals surface area contributed by atoms with Crippen LogP contribution in [0, 0.1) is 0 Å². The summed E-state index contributed by atoms with van der Waals surface area (Å²) in [6.07, 6.45) is 1.66. The number of nitrogens with zero attached hydrogens (tertiary/aromatic N) is 1. The number of ether oxygens (including phenoxy) is 1. The number of benzene rings is 1. The minimum atomic E-state index is -3.36. The molecule has 0 unspecified atom stereocenters. The van der Waals surface area contributed by atoms with Gasteiger partial charge in [-0.15, -0.1) is 0 Å². The lowest BCUT2D eigenvalue weighted by molar-refractivity contribution is -0.425. The van der Waals surface area contributed by atoms with E-state index in [9.17, 15) is 8.42 Å². The van der Waals surface area contributed by atoms with Crippen molar-refractivity contribution in [1.82, 2.24) is 4.31 Å². The molecule has 1 heterocycles. The van der Waals surface area contributed by atoms with Gasteiger partial charge in [-0.3, -0.25) is 0 Å². The standard InChI is InChI=1S/C12H18N2O3S/c1-17-11-2-4-12(5-3-11)18(15,16)14-8-6-10(13)7-9-14/h2-5,10H,6-9,13H2,1H3/p+1. The molecular formula is C12H19N2O3S+. The average Bonchev–Trinajstić information content (AvgIpc) is 2.39. The summed E-state index contributed by atoms with van der Waals surface area (Å²) in [4.78, 5) is 0.325. The largest absolute Gasteiger partial charge is 0.497 e. The van der Waals surface area contributed by atoms with Gasteiger partial charge in [0.25, 0.3) is 0 Å². The van der Waals surface area contributed by atoms with Crippen LogP contribution in [-0.4, -0.2) is 39.0 Å². The van der Waals surface area contributed by atoms with Crippen LogP contribution in [0.5, 0.6) is 5.75 Å². The molecule has 0 aromatic heterocycles. The van der Waals surface area contributed by atoms with E-state index >= 15 is 0 Å². The van der Waals surface area contributed by atoms with Crippen LogP contribution in [0.2, 0.25) is 0 Å². The first kappa shape index (κ1) is 13.3. The molecule has 1 aromatic carbocycles. The highest BCUT2D eigenvalue weighted by Crippen LogP contribution is 2.21. The van der Waals surface area contributed by atoms with Gasteiger partial charge >= 0.3 is 0 Å². The monoisotopic (exact) mass is 271 g/mol. The summed E-state index contributed by atoms with van der Waals surface area (Å²) in [5, 5.41) is 0. The topological polar surface area (TPSA) is 74.2 Å². The summed E-state index contributed by atoms with van der Waals surface area (Å²) in [5.74, 6) is 0.658. The minimum absolute atomic E-state index is 0.325. The van der Waals surface area contributed by atoms with E-state index in [4.69, 9.17) is 4.74 Å². The Balaban J connectivity index is 2.19. The molecule has 100 valence electrons. The van der Waals surface area contributed by atoms with Crippen LogP contribution in [0.15, 0.2) is 29.2 Å². The second-order valence-corrected chi connectivity index (χ2v) is 6.46. The van der Waals surface area contributed by atoms with Crippen molar-refractivity contribution in [1.29, 1.82) is 0 Å². The third-order valence-corrected chi connectivity index (χ3v) is 5.18. The van der Waals surface area contributed by atoms with Crippen molar-refractivity contribution >= 4 is 10.0 Å². The van der Waals surface area contributed by atoms with Gasteiger partial charge in [0.1, 0.15) is 5.75 Å². The van der Waals surface area contributed by atoms with Crippen LogP contribution in [-0.2, 0) is 10.0 Å². The predicted molar refractivity (Wildman–Crippen MR) is 67.7 cm³/mol. The van der Waals surface area contributed by atoms with Crippen molar-refractivity contribution < 1.29 is 18.9 Å². The number of hydrogen-bond acceptors (Lipinski definition) is 3. The summed E-state index contributed by atoms with van der Waals surface area (Å²) in [5.41, 5.74) is 3.97. The zero-order valence-corrected chi connectivity index (χ0v) is 11.3. The molecule has 0 spiro atoms. The molecule has 0 amide bonds. The lowest BCUT2D eigenvalue weighted by Gasteiger charge is -2.27. The summed E-state index contributed by atoms with van der Waals surface area (Å²) in [6.45, 7) is 1.12. The van der Waals surface area contributed by atoms with E-state index in [1.165, 1.54) is 4.31 Å². The maximum Gasteiger partial charge on any atom is 0.243 e. The molecule has 5 nitrogen and oxygen atoms in total. The molecule has 1 saturated heterocycles. The third kappa shape index (κ3) is 2.66. The van der Waals surface area contributed by atoms with Crippen LogP contribution in [0.1, 0.15) is 12.8 Å². The van der Waals surface area contributed by atoms with E-state index in [0.717, 1.165) is 12.8 Å². The SMILES string of the molecule is COc1ccc(S(=O)(=O)N2CCC([NH3+])CC2)cc1. The Labute approximate surface area is 108 Å². The zero-order valence-electron chi connectivity index (χ0n) is 10.5. The van der Waals surface area contributed by atoms with E-state index in [2.05, 4.69) is 5.73 Å². The van der Waals surface area contributed by atoms with Crippen LogP contribution in [0.3, 0.4) is 0 Å². The molecule has 1 aromatic rings. The van der Waals surface area contributed by atoms with E-state index < -0.39 is 10.0 Å². The van der Waals surface area contributed by atoms with Gasteiger partial charge in [0.05, 0.1) is 18.0 Å². The Morgan fingerprint density at radius 3 is 2.28 bits per heavy atom. The first-order valence-electron chi connectivity index (χ1n) is 6.01. The molecule has 0 atom stereocenters. The van der Waals surface area contributed by atoms with Crippen molar-refractivity contribution in [3.8, 4) is 5.75 Å². The lowest BCUT2D eigenvalue weighted by atomic mass is 10.1. The molecule has 1 aliphatic rings. The maximum atomic E-state index is 12.4. The molecule has 2 rings (SSSR count). The van der Waals surface area contributed by atoms with Crippen molar-refractivity contribution in [2.45, 2.75) is 23.8 Å². The maximum absolute atomic E-state index is 12.4. The van der Waals surface area contributed by atoms with E-state index in [1.54, 1.807) is 31.4 Å². The smallest absolute Gasteiger partial charge is 0.243 e. The quantitative estimate of drug-likeness (QED) is 0.846. The Kier molecular flexibility index (Phi) is 3.89. The van der Waals surface area contributed by atoms with Gasteiger partial charge in [0.15, 0.2) is 0 Å². The van der Waals surface area contributed by atoms with Gasteiger partial charge in [-0.25, -0.2) is 8.42 Å². The van der Waals surface area contributed by atoms with Crippen LogP contribution >= 0.6 is 0 Å². The second kappa shape index (κ2) is 5.26. The number of piperidine rings is 1. The van der Waals surface area contributed by atoms with Crippen molar-refractivity contribution in [3.63, 3.8) is 0 Å². The summed E-state index contributed by atoms with van der Waals surface area (Å²) >= 11 is 0. The molecule has 1 fully saturated rings. The fourth-order valence-electron chi connectivity index (χ4n) is 2.05. The van der Waals surface area contributed by atoms with Crippen LogP contribution < -0.4 is 10.5 Å². The first-order valence-corrected chi connectivity index (χ1v) is 7.45. The number of sulfonamides is 1. The lowest BCUT2D eigenvalue weighted by Crippen LogP contribution is -2.64. The van der Waals surface area contributed by atoms with Crippen LogP contribution in [0.25, 0.3) is 0 Å². The Bertz CT molecular complexity index is 491. The molecule has 6 heteroatoms. The summed E-state index contributed by atoms with van der Waals surface area (Å²) in [7, 11) is -1.80. The number of hydrogen-bond donors (Lipinski definition) is 1. The van der Waals surface area contributed by atoms with Crippen LogP contribution in [0.4, 0.5) is 0 Å². The Morgan fingerprint density at radius 2 is 1.78 bits per heavy atom. The molecule has 18 heavy (non-hydrogen) atoms. The summed E-state index contributed by atoms with van der Waals surface area (Å²) in [6, 6.07) is 6.88. The first-order chi connectivity index (χ1) is 8.54. The molecule has 1 aliphatic heterocycles. The van der Waals surface area contributed by atoms with Gasteiger partial charge in [-0.05, 0) is 24.3 Å². The molecule has 0 aliphatic carbocycles. The average molecular weight is 271 g/mol. The van der Waals surface area contributed by atoms with Crippen molar-refractivity contribution in [2.24, 2.45) is 0 Å². The highest BCUT2D eigenvalue weighted by molar-refractivity contribution is 7.89. The van der Waals surface area contributed by atoms with E-state index in [1.807, 2.05) is 0 Å². The molecule has 3 N–H and O–H groups in total. The van der Waals surface area contributed by atoms with E-state index in [-0.39, 0.29) is 0 Å². The van der Waals surface area contributed by atoms with Crippen molar-refractivity contribution in [2.75, 3.05) is 20.2 Å². The Hall–Kier alpha value is -1.11. The minimum Gasteiger partial charge on any atom is -0.497 e. The molecule has 0 bridgehead atoms. The molecule has 0 radical (unpaired) electrons. The van der Waals surface area contributed by atoms with Gasteiger partial charge in [0, 0.05) is 25.9 Å². The van der Waals surface area contributed by atoms with Crippen molar-refractivity contribution in [3.05, 3.63) is 24.3 Å². The third-order valence-electron chi connectivity index (χ3n) is 3.27. The predicted octanol–water partition coefficient (Wildman–Crippen LogP) is 0.0902. The van der Waals surface area contributed by atoms with E-state index in [0.29, 0.717) is 29.8 Å². The molecule has 0 saturated carbocycles. The fraction of sp³-hybridized carbons (Fsp3) is 0.500. The van der Waals surface area contributed by atoms with Gasteiger partial charge in [-0.2, -0.15) is 4.31 Å². The highest BCUT2D eigenvalue weighted by Gasteiger charge is 2.29.